The highest BCUT2D eigenvalue weighted by Crippen LogP contribution is 2.02. The Bertz CT molecular complexity index is 364. The van der Waals surface area contributed by atoms with E-state index in [0.29, 0.717) is 18.9 Å². The van der Waals surface area contributed by atoms with Gasteiger partial charge in [0.2, 0.25) is 5.91 Å². The summed E-state index contributed by atoms with van der Waals surface area (Å²) in [6.45, 7) is 3.04. The van der Waals surface area contributed by atoms with Crippen molar-refractivity contribution in [1.29, 1.82) is 0 Å². The van der Waals surface area contributed by atoms with Crippen LogP contribution < -0.4 is 21.8 Å². The molecule has 7 N–H and O–H groups in total. The normalized spacial score (nSPS) is 17.8. The van der Waals surface area contributed by atoms with Gasteiger partial charge in [0.25, 0.3) is 0 Å². The number of rotatable bonds is 11. The second-order valence-electron chi connectivity index (χ2n) is 5.82. The summed E-state index contributed by atoms with van der Waals surface area (Å²) in [5.74, 6) is -0.774. The van der Waals surface area contributed by atoms with Crippen LogP contribution in [0.3, 0.4) is 0 Å². The second-order valence-corrected chi connectivity index (χ2v) is 5.82. The van der Waals surface area contributed by atoms with Crippen molar-refractivity contribution >= 4 is 11.9 Å². The van der Waals surface area contributed by atoms with Crippen LogP contribution in [0.1, 0.15) is 12.8 Å². The first-order chi connectivity index (χ1) is 10.4. The molecule has 9 heteroatoms. The molecular formula is C13H27N5O4. The molecule has 9 nitrogen and oxygen atoms in total. The third-order valence-corrected chi connectivity index (χ3v) is 3.39. The predicted octanol–water partition coefficient (Wildman–Crippen LogP) is -2.69. The zero-order valence-electron chi connectivity index (χ0n) is 12.9. The van der Waals surface area contributed by atoms with Crippen LogP contribution in [0, 0.1) is 5.92 Å². The van der Waals surface area contributed by atoms with E-state index in [9.17, 15) is 14.7 Å². The van der Waals surface area contributed by atoms with Crippen molar-refractivity contribution < 1.29 is 19.8 Å². The molecule has 0 unspecified atom stereocenters. The molecule has 22 heavy (non-hydrogen) atoms. The number of nitrogens with zero attached hydrogens (tertiary/aromatic N) is 1. The van der Waals surface area contributed by atoms with Gasteiger partial charge in [0.15, 0.2) is 0 Å². The molecule has 1 aliphatic rings. The Morgan fingerprint density at radius 1 is 1.45 bits per heavy atom. The highest BCUT2D eigenvalue weighted by molar-refractivity contribution is 5.76. The fraction of sp³-hybridized carbons (Fsp3) is 0.846. The van der Waals surface area contributed by atoms with Crippen LogP contribution in [0.15, 0.2) is 0 Å². The van der Waals surface area contributed by atoms with Gasteiger partial charge in [0, 0.05) is 45.7 Å². The topological polar surface area (TPSA) is 140 Å². The number of nitrogens with one attached hydrogen (secondary N) is 3. The molecule has 128 valence electrons. The fourth-order valence-corrected chi connectivity index (χ4v) is 2.20. The summed E-state index contributed by atoms with van der Waals surface area (Å²) in [5.41, 5.74) is 8.25. The standard InChI is InChI=1S/C13H27N5O4/c1-18(8-13(21)22)17-12(20)3-10(14)2-11(19)7-16-6-9-4-15-5-9/h9-11,15-16,19H,2-8,14H2,1H3,(H,17,20)(H,21,22)/t10-,11-/m1/s1. The van der Waals surface area contributed by atoms with E-state index in [1.165, 1.54) is 12.1 Å². The van der Waals surface area contributed by atoms with Crippen molar-refractivity contribution in [3.8, 4) is 0 Å². The van der Waals surface area contributed by atoms with Crippen LogP contribution in [0.2, 0.25) is 0 Å². The molecule has 0 aromatic heterocycles. The number of aliphatic carboxylic acids is 1. The molecule has 1 aliphatic heterocycles. The van der Waals surface area contributed by atoms with E-state index in [1.54, 1.807) is 0 Å². The second kappa shape index (κ2) is 9.70. The van der Waals surface area contributed by atoms with Crippen molar-refractivity contribution in [2.24, 2.45) is 11.7 Å². The minimum atomic E-state index is -1.03. The zero-order chi connectivity index (χ0) is 16.5. The van der Waals surface area contributed by atoms with E-state index in [-0.39, 0.29) is 18.9 Å². The fourth-order valence-electron chi connectivity index (χ4n) is 2.20. The van der Waals surface area contributed by atoms with Gasteiger partial charge in [-0.25, -0.2) is 5.01 Å². The van der Waals surface area contributed by atoms with Gasteiger partial charge < -0.3 is 26.6 Å². The van der Waals surface area contributed by atoms with Crippen LogP contribution in [0.4, 0.5) is 0 Å². The van der Waals surface area contributed by atoms with Gasteiger partial charge in [0.1, 0.15) is 6.54 Å². The molecule has 2 atom stereocenters. The third-order valence-electron chi connectivity index (χ3n) is 3.39. The summed E-state index contributed by atoms with van der Waals surface area (Å²) in [6.07, 6.45) is -0.257. The average Bonchev–Trinajstić information content (AvgIpc) is 2.30. The van der Waals surface area contributed by atoms with E-state index in [1.807, 2.05) is 0 Å². The van der Waals surface area contributed by atoms with Crippen molar-refractivity contribution in [2.75, 3.05) is 39.8 Å². The smallest absolute Gasteiger partial charge is 0.319 e. The third kappa shape index (κ3) is 8.25. The van der Waals surface area contributed by atoms with Crippen LogP contribution >= 0.6 is 0 Å². The molecule has 0 aromatic rings. The summed E-state index contributed by atoms with van der Waals surface area (Å²) in [7, 11) is 1.46. The molecular weight excluding hydrogens is 290 g/mol. The molecule has 1 fully saturated rings. The quantitative estimate of drug-likeness (QED) is 0.226. The maximum atomic E-state index is 11.6. The number of aliphatic hydroxyl groups is 1. The first-order valence-electron chi connectivity index (χ1n) is 7.44. The van der Waals surface area contributed by atoms with Crippen LogP contribution in [-0.2, 0) is 9.59 Å². The largest absolute Gasteiger partial charge is 0.480 e. The van der Waals surface area contributed by atoms with Crippen molar-refractivity contribution in [1.82, 2.24) is 21.1 Å². The van der Waals surface area contributed by atoms with Gasteiger partial charge in [-0.1, -0.05) is 0 Å². The number of amides is 1. The maximum Gasteiger partial charge on any atom is 0.319 e. The zero-order valence-corrected chi connectivity index (χ0v) is 12.9. The highest BCUT2D eigenvalue weighted by atomic mass is 16.4. The van der Waals surface area contributed by atoms with Gasteiger partial charge in [-0.2, -0.15) is 0 Å². The lowest BCUT2D eigenvalue weighted by Gasteiger charge is -2.27. The molecule has 1 saturated heterocycles. The number of carboxylic acids is 1. The summed E-state index contributed by atoms with van der Waals surface area (Å²) in [6, 6.07) is -0.472. The number of hydrogen-bond donors (Lipinski definition) is 6. The average molecular weight is 317 g/mol. The Labute approximate surface area is 130 Å². The Balaban J connectivity index is 2.10. The number of nitrogens with two attached hydrogens (primary N) is 1. The van der Waals surface area contributed by atoms with E-state index in [4.69, 9.17) is 10.8 Å². The Hall–Kier alpha value is -1.26. The SMILES string of the molecule is CN(CC(=O)O)NC(=O)C[C@H](N)C[C@@H](O)CNCC1CNC1. The summed E-state index contributed by atoms with van der Waals surface area (Å²) >= 11 is 0. The lowest BCUT2D eigenvalue weighted by molar-refractivity contribution is -0.139. The Morgan fingerprint density at radius 3 is 2.68 bits per heavy atom. The molecule has 1 heterocycles. The minimum absolute atomic E-state index is 0.0353. The van der Waals surface area contributed by atoms with E-state index in [2.05, 4.69) is 16.1 Å². The number of aliphatic hydroxyl groups excluding tert-OH is 1. The minimum Gasteiger partial charge on any atom is -0.480 e. The molecule has 0 radical (unpaired) electrons. The van der Waals surface area contributed by atoms with Gasteiger partial charge in [-0.3, -0.25) is 15.0 Å². The number of hydrazine groups is 1. The summed E-state index contributed by atoms with van der Waals surface area (Å²) in [5, 5.41) is 26.0. The van der Waals surface area contributed by atoms with Crippen molar-refractivity contribution in [3.05, 3.63) is 0 Å². The first kappa shape index (κ1) is 18.8. The van der Waals surface area contributed by atoms with E-state index in [0.717, 1.165) is 19.6 Å². The highest BCUT2D eigenvalue weighted by Gasteiger charge is 2.18. The van der Waals surface area contributed by atoms with E-state index >= 15 is 0 Å². The molecule has 0 saturated carbocycles. The number of carboxylic acid groups (broad SMARTS) is 1. The monoisotopic (exact) mass is 317 g/mol. The predicted molar refractivity (Wildman–Crippen MR) is 80.9 cm³/mol. The molecule has 0 aromatic carbocycles. The molecule has 0 bridgehead atoms. The summed E-state index contributed by atoms with van der Waals surface area (Å²) < 4.78 is 0. The molecule has 0 aliphatic carbocycles. The number of hydrogen-bond acceptors (Lipinski definition) is 7. The maximum absolute atomic E-state index is 11.6. The molecule has 1 rings (SSSR count). The lowest BCUT2D eigenvalue weighted by atomic mass is 10.0. The van der Waals surface area contributed by atoms with Gasteiger partial charge >= 0.3 is 5.97 Å². The van der Waals surface area contributed by atoms with Crippen molar-refractivity contribution in [2.45, 2.75) is 25.0 Å². The molecule has 0 spiro atoms. The lowest BCUT2D eigenvalue weighted by Crippen LogP contribution is -2.48. The first-order valence-corrected chi connectivity index (χ1v) is 7.44. The number of carbonyl (C=O) groups is 2. The van der Waals surface area contributed by atoms with Crippen LogP contribution in [0.25, 0.3) is 0 Å². The number of carbonyl (C=O) groups excluding carboxylic acids is 1. The summed E-state index contributed by atoms with van der Waals surface area (Å²) in [4.78, 5) is 22.1. The van der Waals surface area contributed by atoms with Crippen molar-refractivity contribution in [3.63, 3.8) is 0 Å². The Kier molecular flexibility index (Phi) is 8.28. The van der Waals surface area contributed by atoms with Gasteiger partial charge in [-0.15, -0.1) is 0 Å². The van der Waals surface area contributed by atoms with E-state index < -0.39 is 18.1 Å². The van der Waals surface area contributed by atoms with Crippen LogP contribution in [0.5, 0.6) is 0 Å². The number of likely N-dealkylation sites (N-methyl/N-ethyl adjacent to an activating group) is 1. The Morgan fingerprint density at radius 2 is 2.14 bits per heavy atom. The van der Waals surface area contributed by atoms with Crippen LogP contribution in [-0.4, -0.2) is 79.0 Å². The van der Waals surface area contributed by atoms with Gasteiger partial charge in [-0.05, 0) is 12.3 Å². The molecule has 1 amide bonds. The van der Waals surface area contributed by atoms with Gasteiger partial charge in [0.05, 0.1) is 6.10 Å².